The van der Waals surface area contributed by atoms with Crippen LogP contribution in [0.25, 0.3) is 0 Å². The molecule has 132 valence electrons. The predicted molar refractivity (Wildman–Crippen MR) is 96.0 cm³/mol. The van der Waals surface area contributed by atoms with Crippen molar-refractivity contribution in [3.8, 4) is 5.75 Å². The molecule has 2 N–H and O–H groups in total. The molecule has 0 aliphatic rings. The van der Waals surface area contributed by atoms with Crippen molar-refractivity contribution < 1.29 is 19.4 Å². The van der Waals surface area contributed by atoms with E-state index in [4.69, 9.17) is 9.84 Å². The van der Waals surface area contributed by atoms with Crippen molar-refractivity contribution in [2.75, 3.05) is 6.61 Å². The highest BCUT2D eigenvalue weighted by molar-refractivity contribution is 5.89. The minimum absolute atomic E-state index is 0.125. The van der Waals surface area contributed by atoms with Crippen molar-refractivity contribution in [2.24, 2.45) is 0 Å². The molecule has 25 heavy (non-hydrogen) atoms. The lowest BCUT2D eigenvalue weighted by Gasteiger charge is -2.15. The molecule has 0 aromatic heterocycles. The van der Waals surface area contributed by atoms with Gasteiger partial charge in [0.25, 0.3) is 0 Å². The van der Waals surface area contributed by atoms with Gasteiger partial charge in [-0.05, 0) is 49.6 Å². The first-order valence-electron chi connectivity index (χ1n) is 8.25. The van der Waals surface area contributed by atoms with Gasteiger partial charge in [0.1, 0.15) is 12.4 Å². The maximum atomic E-state index is 12.1. The van der Waals surface area contributed by atoms with E-state index in [0.717, 1.165) is 11.3 Å². The molecule has 5 heteroatoms. The summed E-state index contributed by atoms with van der Waals surface area (Å²) in [4.78, 5) is 23.2. The fraction of sp³-hybridized carbons (Fsp3) is 0.300. The molecule has 2 aromatic carbocycles. The van der Waals surface area contributed by atoms with Gasteiger partial charge in [0.2, 0.25) is 5.91 Å². The molecule has 0 aliphatic carbocycles. The summed E-state index contributed by atoms with van der Waals surface area (Å²) < 4.78 is 5.67. The van der Waals surface area contributed by atoms with Gasteiger partial charge in [-0.25, -0.2) is 4.79 Å². The minimum Gasteiger partial charge on any atom is -0.491 e. The largest absolute Gasteiger partial charge is 0.491 e. The highest BCUT2D eigenvalue weighted by Gasteiger charge is 2.12. The second-order valence-corrected chi connectivity index (χ2v) is 6.06. The summed E-state index contributed by atoms with van der Waals surface area (Å²) in [5.41, 5.74) is 2.02. The predicted octanol–water partition coefficient (Wildman–Crippen LogP) is 3.21. The third-order valence-electron chi connectivity index (χ3n) is 3.77. The molecule has 2 rings (SSSR count). The third-order valence-corrected chi connectivity index (χ3v) is 3.77. The van der Waals surface area contributed by atoms with Crippen molar-refractivity contribution in [3.63, 3.8) is 0 Å². The SMILES string of the molecule is Cc1cccc(OCC(C)NC(=O)CCc2ccccc2C(=O)O)c1. The number of ether oxygens (including phenoxy) is 1. The van der Waals surface area contributed by atoms with E-state index in [9.17, 15) is 9.59 Å². The van der Waals surface area contributed by atoms with E-state index in [1.54, 1.807) is 24.3 Å². The Labute approximate surface area is 147 Å². The maximum absolute atomic E-state index is 12.1. The number of aryl methyl sites for hydroxylation is 2. The topological polar surface area (TPSA) is 75.6 Å². The van der Waals surface area contributed by atoms with Gasteiger partial charge in [0.15, 0.2) is 0 Å². The zero-order valence-corrected chi connectivity index (χ0v) is 14.5. The average molecular weight is 341 g/mol. The summed E-state index contributed by atoms with van der Waals surface area (Å²) in [6.07, 6.45) is 0.624. The summed E-state index contributed by atoms with van der Waals surface area (Å²) in [5, 5.41) is 12.0. The van der Waals surface area contributed by atoms with Crippen LogP contribution in [-0.4, -0.2) is 29.6 Å². The summed E-state index contributed by atoms with van der Waals surface area (Å²) in [5.74, 6) is -0.326. The lowest BCUT2D eigenvalue weighted by molar-refractivity contribution is -0.121. The number of hydrogen-bond acceptors (Lipinski definition) is 3. The molecular weight excluding hydrogens is 318 g/mol. The van der Waals surface area contributed by atoms with Crippen LogP contribution in [0.3, 0.4) is 0 Å². The number of aromatic carboxylic acids is 1. The number of amides is 1. The van der Waals surface area contributed by atoms with Crippen LogP contribution in [0.2, 0.25) is 0 Å². The maximum Gasteiger partial charge on any atom is 0.335 e. The summed E-state index contributed by atoms with van der Waals surface area (Å²) in [6.45, 7) is 4.24. The number of benzene rings is 2. The van der Waals surface area contributed by atoms with Gasteiger partial charge in [-0.15, -0.1) is 0 Å². The second kappa shape index (κ2) is 8.87. The Balaban J connectivity index is 1.79. The van der Waals surface area contributed by atoms with E-state index in [2.05, 4.69) is 5.32 Å². The first-order valence-corrected chi connectivity index (χ1v) is 8.25. The van der Waals surface area contributed by atoms with Crippen molar-refractivity contribution in [1.29, 1.82) is 0 Å². The molecule has 5 nitrogen and oxygen atoms in total. The molecule has 0 radical (unpaired) electrons. The Morgan fingerprint density at radius 1 is 1.16 bits per heavy atom. The normalized spacial score (nSPS) is 11.6. The Morgan fingerprint density at radius 2 is 1.92 bits per heavy atom. The van der Waals surface area contributed by atoms with Gasteiger partial charge in [-0.1, -0.05) is 30.3 Å². The molecule has 2 aromatic rings. The lowest BCUT2D eigenvalue weighted by Crippen LogP contribution is -2.36. The molecule has 0 aliphatic heterocycles. The zero-order valence-electron chi connectivity index (χ0n) is 14.5. The Bertz CT molecular complexity index is 742. The number of rotatable bonds is 8. The van der Waals surface area contributed by atoms with E-state index < -0.39 is 5.97 Å². The Hall–Kier alpha value is -2.82. The monoisotopic (exact) mass is 341 g/mol. The molecule has 0 fully saturated rings. The van der Waals surface area contributed by atoms with Crippen LogP contribution in [0.4, 0.5) is 0 Å². The van der Waals surface area contributed by atoms with Crippen molar-refractivity contribution in [1.82, 2.24) is 5.32 Å². The Kier molecular flexibility index (Phi) is 6.57. The number of carboxylic acid groups (broad SMARTS) is 1. The quantitative estimate of drug-likeness (QED) is 0.773. The summed E-state index contributed by atoms with van der Waals surface area (Å²) in [6, 6.07) is 14.3. The summed E-state index contributed by atoms with van der Waals surface area (Å²) >= 11 is 0. The fourth-order valence-corrected chi connectivity index (χ4v) is 2.51. The molecule has 0 heterocycles. The molecule has 0 saturated heterocycles. The number of carbonyl (C=O) groups excluding carboxylic acids is 1. The van der Waals surface area contributed by atoms with Crippen molar-refractivity contribution in [3.05, 3.63) is 65.2 Å². The highest BCUT2D eigenvalue weighted by Crippen LogP contribution is 2.13. The molecule has 0 spiro atoms. The van der Waals surface area contributed by atoms with Gasteiger partial charge in [0, 0.05) is 6.42 Å². The van der Waals surface area contributed by atoms with Crippen LogP contribution in [0.5, 0.6) is 5.75 Å². The van der Waals surface area contributed by atoms with Crippen LogP contribution < -0.4 is 10.1 Å². The van der Waals surface area contributed by atoms with E-state index in [1.165, 1.54) is 0 Å². The minimum atomic E-state index is -0.976. The number of carboxylic acids is 1. The van der Waals surface area contributed by atoms with Gasteiger partial charge < -0.3 is 15.2 Å². The van der Waals surface area contributed by atoms with Crippen LogP contribution in [0.1, 0.15) is 34.8 Å². The van der Waals surface area contributed by atoms with Crippen LogP contribution >= 0.6 is 0 Å². The first-order chi connectivity index (χ1) is 12.0. The summed E-state index contributed by atoms with van der Waals surface area (Å²) in [7, 11) is 0. The van der Waals surface area contributed by atoms with E-state index in [-0.39, 0.29) is 23.9 Å². The molecule has 0 bridgehead atoms. The lowest BCUT2D eigenvalue weighted by atomic mass is 10.0. The number of carbonyl (C=O) groups is 2. The fourth-order valence-electron chi connectivity index (χ4n) is 2.51. The standard InChI is InChI=1S/C20H23NO4/c1-14-6-5-8-17(12-14)25-13-15(2)21-19(22)11-10-16-7-3-4-9-18(16)20(23)24/h3-9,12,15H,10-11,13H2,1-2H3,(H,21,22)(H,23,24). The number of hydrogen-bond donors (Lipinski definition) is 2. The highest BCUT2D eigenvalue weighted by atomic mass is 16.5. The third kappa shape index (κ3) is 5.95. The van der Waals surface area contributed by atoms with Gasteiger partial charge in [-0.2, -0.15) is 0 Å². The van der Waals surface area contributed by atoms with Gasteiger partial charge >= 0.3 is 5.97 Å². The first kappa shape index (κ1) is 18.5. The van der Waals surface area contributed by atoms with Gasteiger partial charge in [0.05, 0.1) is 11.6 Å². The Morgan fingerprint density at radius 3 is 2.64 bits per heavy atom. The second-order valence-electron chi connectivity index (χ2n) is 6.06. The molecular formula is C20H23NO4. The molecule has 0 saturated carbocycles. The zero-order chi connectivity index (χ0) is 18.2. The number of nitrogens with one attached hydrogen (secondary N) is 1. The van der Waals surface area contributed by atoms with Crippen LogP contribution in [-0.2, 0) is 11.2 Å². The van der Waals surface area contributed by atoms with Crippen molar-refractivity contribution in [2.45, 2.75) is 32.7 Å². The van der Waals surface area contributed by atoms with E-state index >= 15 is 0 Å². The molecule has 1 unspecified atom stereocenters. The average Bonchev–Trinajstić information content (AvgIpc) is 2.58. The van der Waals surface area contributed by atoms with Gasteiger partial charge in [-0.3, -0.25) is 4.79 Å². The molecule has 1 amide bonds. The molecule has 1 atom stereocenters. The van der Waals surface area contributed by atoms with E-state index in [0.29, 0.717) is 18.6 Å². The van der Waals surface area contributed by atoms with E-state index in [1.807, 2.05) is 38.1 Å². The van der Waals surface area contributed by atoms with Crippen LogP contribution in [0.15, 0.2) is 48.5 Å². The van der Waals surface area contributed by atoms with Crippen molar-refractivity contribution >= 4 is 11.9 Å². The smallest absolute Gasteiger partial charge is 0.335 e. The van der Waals surface area contributed by atoms with Crippen LogP contribution in [0, 0.1) is 6.92 Å².